The highest BCUT2D eigenvalue weighted by Crippen LogP contribution is 2.70. The van der Waals surface area contributed by atoms with E-state index in [1.54, 1.807) is 56.7 Å². The van der Waals surface area contributed by atoms with Crippen LogP contribution in [0.15, 0.2) is 91.4 Å². The summed E-state index contributed by atoms with van der Waals surface area (Å²) >= 11 is 0. The van der Waals surface area contributed by atoms with Gasteiger partial charge in [0.1, 0.15) is 70.8 Å². The first-order valence-corrected chi connectivity index (χ1v) is 24.8. The van der Waals surface area contributed by atoms with Gasteiger partial charge in [-0.3, -0.25) is 4.90 Å². The van der Waals surface area contributed by atoms with Gasteiger partial charge >= 0.3 is 12.2 Å². The minimum Gasteiger partial charge on any atom is -0.497 e. The standard InChI is InChI=1S/C55H54F6N10O5/c1-32-44(55(59,60)61)40(22-42(65-32)69(25-35-8-14-38(73-4)15-9-35)26-36-10-16-39(74-5)17-11-36)46-45(56)47-43-49(68-51(67-47)76-30-53-18-19-70(53)29-52(27-53)28-54(52,57)58)71(20-21-75-50(43)66-46)33(2)41-24-62-31-64-48(41)63-23-34-6-12-37(72-3)13-7-34/h6-17,22,24,31,33H,18-21,23,25-30H2,1-5H3,(H,62,63,64)/t33-,52-,53+/m1/s1. The van der Waals surface area contributed by atoms with Gasteiger partial charge in [-0.1, -0.05) is 36.4 Å². The van der Waals surface area contributed by atoms with E-state index in [9.17, 15) is 8.78 Å². The molecule has 21 heteroatoms. The summed E-state index contributed by atoms with van der Waals surface area (Å²) in [5, 5.41) is 3.39. The first-order chi connectivity index (χ1) is 36.5. The second-order valence-electron chi connectivity index (χ2n) is 19.9. The molecule has 11 rings (SSSR count). The van der Waals surface area contributed by atoms with Gasteiger partial charge in [0.15, 0.2) is 5.82 Å². The lowest BCUT2D eigenvalue weighted by Crippen LogP contribution is -2.59. The molecule has 7 heterocycles. The zero-order valence-electron chi connectivity index (χ0n) is 42.3. The van der Waals surface area contributed by atoms with Gasteiger partial charge in [-0.15, -0.1) is 0 Å². The number of aryl methyl sites for hydroxylation is 1. The normalized spacial score (nSPS) is 19.8. The molecule has 1 N–H and O–H groups in total. The summed E-state index contributed by atoms with van der Waals surface area (Å²) < 4.78 is 123. The first-order valence-electron chi connectivity index (χ1n) is 24.8. The first kappa shape index (κ1) is 50.5. The number of aromatic nitrogens is 6. The fraction of sp³-hybridized carbons (Fsp3) is 0.382. The largest absolute Gasteiger partial charge is 0.497 e. The minimum absolute atomic E-state index is 0.0105. The number of nitrogens with zero attached hydrogens (tertiary/aromatic N) is 9. The van der Waals surface area contributed by atoms with Crippen LogP contribution in [0.5, 0.6) is 29.1 Å². The lowest BCUT2D eigenvalue weighted by Gasteiger charge is -2.47. The highest BCUT2D eigenvalue weighted by atomic mass is 19.4. The summed E-state index contributed by atoms with van der Waals surface area (Å²) in [5.74, 6) is -1.53. The van der Waals surface area contributed by atoms with E-state index in [1.165, 1.54) is 19.3 Å². The Bertz CT molecular complexity index is 3250. The van der Waals surface area contributed by atoms with Crippen LogP contribution in [0.1, 0.15) is 65.7 Å². The van der Waals surface area contributed by atoms with Gasteiger partial charge in [0.2, 0.25) is 5.88 Å². The fourth-order valence-electron chi connectivity index (χ4n) is 11.0. The number of ether oxygens (including phenoxy) is 5. The highest BCUT2D eigenvalue weighted by molar-refractivity contribution is 5.97. The molecule has 7 aromatic rings. The van der Waals surface area contributed by atoms with E-state index >= 15 is 17.6 Å². The van der Waals surface area contributed by atoms with Crippen LogP contribution < -0.4 is 38.8 Å². The molecule has 4 aliphatic rings. The van der Waals surface area contributed by atoms with E-state index < -0.39 is 62.9 Å². The van der Waals surface area contributed by atoms with E-state index in [4.69, 9.17) is 28.7 Å². The van der Waals surface area contributed by atoms with E-state index in [-0.39, 0.29) is 81.1 Å². The molecule has 3 atom stereocenters. The zero-order valence-corrected chi connectivity index (χ0v) is 42.3. The highest BCUT2D eigenvalue weighted by Gasteiger charge is 2.78. The van der Waals surface area contributed by atoms with Crippen molar-refractivity contribution in [3.8, 4) is 40.4 Å². The third kappa shape index (κ3) is 9.31. The average Bonchev–Trinajstić information content (AvgIpc) is 4.19. The monoisotopic (exact) mass is 1050 g/mol. The van der Waals surface area contributed by atoms with Gasteiger partial charge in [-0.25, -0.2) is 33.1 Å². The van der Waals surface area contributed by atoms with Gasteiger partial charge in [-0.05, 0) is 85.8 Å². The molecular weight excluding hydrogens is 995 g/mol. The number of halogens is 6. The van der Waals surface area contributed by atoms with E-state index in [2.05, 4.69) is 30.2 Å². The lowest BCUT2D eigenvalue weighted by atomic mass is 9.83. The summed E-state index contributed by atoms with van der Waals surface area (Å²) in [6.45, 7) is 4.69. The van der Waals surface area contributed by atoms with E-state index in [1.807, 2.05) is 65.3 Å². The summed E-state index contributed by atoms with van der Waals surface area (Å²) in [5.41, 5.74) is -2.03. The summed E-state index contributed by atoms with van der Waals surface area (Å²) in [6.07, 6.45) is -1.37. The predicted octanol–water partition coefficient (Wildman–Crippen LogP) is 10.4. The smallest absolute Gasteiger partial charge is 0.418 e. The number of nitrogens with one attached hydrogen (secondary N) is 1. The van der Waals surface area contributed by atoms with Crippen LogP contribution >= 0.6 is 0 Å². The SMILES string of the molecule is COc1ccc(CNc2ncncc2[C@@H](C)N2CCOc3nc(-c4cc(N(Cc5ccc(OC)cc5)Cc5ccc(OC)cc5)nc(C)c4C(F)(F)F)c(F)c4nc(OC[C@@]56CCN5C[C@]5(CC5(F)F)C6)nc2c34)cc1. The lowest BCUT2D eigenvalue weighted by molar-refractivity contribution is -0.137. The molecule has 0 bridgehead atoms. The van der Waals surface area contributed by atoms with E-state index in [0.717, 1.165) is 16.7 Å². The molecule has 396 valence electrons. The van der Waals surface area contributed by atoms with E-state index in [0.29, 0.717) is 48.1 Å². The van der Waals surface area contributed by atoms with Gasteiger partial charge in [0, 0.05) is 56.5 Å². The molecule has 3 aliphatic heterocycles. The van der Waals surface area contributed by atoms with Crippen molar-refractivity contribution >= 4 is 28.4 Å². The second kappa shape index (κ2) is 19.5. The molecule has 0 radical (unpaired) electrons. The quantitative estimate of drug-likeness (QED) is 0.0863. The average molecular weight is 1050 g/mol. The zero-order chi connectivity index (χ0) is 53.1. The van der Waals surface area contributed by atoms with Crippen LogP contribution in [0.25, 0.3) is 22.2 Å². The number of methoxy groups -OCH3 is 3. The van der Waals surface area contributed by atoms with Crippen LogP contribution in [0.2, 0.25) is 0 Å². The van der Waals surface area contributed by atoms with Gasteiger partial charge in [-0.2, -0.15) is 23.1 Å². The third-order valence-corrected chi connectivity index (χ3v) is 15.3. The Morgan fingerprint density at radius 3 is 2.04 bits per heavy atom. The molecule has 1 saturated carbocycles. The Morgan fingerprint density at radius 2 is 1.46 bits per heavy atom. The fourth-order valence-corrected chi connectivity index (χ4v) is 11.0. The Hall–Kier alpha value is -7.68. The molecule has 3 fully saturated rings. The molecule has 3 aromatic carbocycles. The maximum atomic E-state index is 18.1. The number of hydrogen-bond donors (Lipinski definition) is 1. The number of fused-ring (bicyclic) bond motifs is 1. The van der Waals surface area contributed by atoms with Crippen molar-refractivity contribution < 1.29 is 50.0 Å². The third-order valence-electron chi connectivity index (χ3n) is 15.3. The van der Waals surface area contributed by atoms with Gasteiger partial charge in [0.25, 0.3) is 5.92 Å². The number of benzene rings is 3. The van der Waals surface area contributed by atoms with Crippen LogP contribution in [0.3, 0.4) is 0 Å². The van der Waals surface area contributed by atoms with Crippen LogP contribution in [0, 0.1) is 18.2 Å². The summed E-state index contributed by atoms with van der Waals surface area (Å²) in [6, 6.07) is 22.3. The molecule has 76 heavy (non-hydrogen) atoms. The summed E-state index contributed by atoms with van der Waals surface area (Å²) in [7, 11) is 4.69. The summed E-state index contributed by atoms with van der Waals surface area (Å²) in [4.78, 5) is 33.2. The van der Waals surface area contributed by atoms with Crippen molar-refractivity contribution in [2.75, 3.05) is 69.3 Å². The molecule has 0 unspecified atom stereocenters. The maximum absolute atomic E-state index is 18.1. The molecule has 2 saturated heterocycles. The molecule has 1 aliphatic carbocycles. The molecule has 1 spiro atoms. The molecule has 0 amide bonds. The minimum atomic E-state index is -5.03. The Morgan fingerprint density at radius 1 is 0.829 bits per heavy atom. The number of anilines is 3. The Labute approximate surface area is 434 Å². The Balaban J connectivity index is 1.03. The van der Waals surface area contributed by atoms with Gasteiger partial charge in [0.05, 0.1) is 56.1 Å². The van der Waals surface area contributed by atoms with Crippen LogP contribution in [-0.4, -0.2) is 100 Å². The molecular formula is C55H54F6N10O5. The Kier molecular flexibility index (Phi) is 12.9. The van der Waals surface area contributed by atoms with Crippen LogP contribution in [0.4, 0.5) is 43.8 Å². The van der Waals surface area contributed by atoms with Gasteiger partial charge < -0.3 is 38.8 Å². The van der Waals surface area contributed by atoms with Crippen molar-refractivity contribution in [2.24, 2.45) is 5.41 Å². The topological polar surface area (TPSA) is 145 Å². The van der Waals surface area contributed by atoms with Crippen molar-refractivity contribution in [3.05, 3.63) is 131 Å². The second-order valence-corrected chi connectivity index (χ2v) is 19.9. The predicted molar refractivity (Wildman–Crippen MR) is 271 cm³/mol. The number of hydrogen-bond acceptors (Lipinski definition) is 15. The molecule has 15 nitrogen and oxygen atoms in total. The van der Waals surface area contributed by atoms with Crippen molar-refractivity contribution in [1.29, 1.82) is 0 Å². The maximum Gasteiger partial charge on any atom is 0.418 e. The van der Waals surface area contributed by atoms with Crippen LogP contribution in [-0.2, 0) is 25.8 Å². The van der Waals surface area contributed by atoms with Crippen molar-refractivity contribution in [1.82, 2.24) is 34.8 Å². The van der Waals surface area contributed by atoms with Crippen molar-refractivity contribution in [3.63, 3.8) is 0 Å². The number of rotatable bonds is 17. The van der Waals surface area contributed by atoms with Crippen molar-refractivity contribution in [2.45, 2.75) is 76.4 Å². The number of pyridine rings is 2. The molecule has 4 aromatic heterocycles. The number of alkyl halides is 5.